The molecule has 2 heteroatoms. The Hall–Kier alpha value is -0.340. The summed E-state index contributed by atoms with van der Waals surface area (Å²) in [5.41, 5.74) is 8.82. The van der Waals surface area contributed by atoms with Crippen LogP contribution in [0.3, 0.4) is 0 Å². The van der Waals surface area contributed by atoms with Crippen LogP contribution in [-0.2, 0) is 0 Å². The highest BCUT2D eigenvalue weighted by Gasteiger charge is 2.22. The zero-order valence-electron chi connectivity index (χ0n) is 9.17. The molecule has 2 rings (SSSR count). The van der Waals surface area contributed by atoms with E-state index in [1.807, 2.05) is 0 Å². The first-order valence-electron chi connectivity index (χ1n) is 5.68. The summed E-state index contributed by atoms with van der Waals surface area (Å²) in [6.07, 6.45) is 5.27. The molecule has 0 saturated heterocycles. The third kappa shape index (κ3) is 3.05. The molecule has 1 nitrogen and oxygen atoms in total. The lowest BCUT2D eigenvalue weighted by Crippen LogP contribution is -2.11. The van der Waals surface area contributed by atoms with Crippen molar-refractivity contribution in [3.8, 4) is 0 Å². The van der Waals surface area contributed by atoms with Gasteiger partial charge in [-0.1, -0.05) is 34.8 Å². The number of nitrogens with two attached hydrogens (primary N) is 1. The summed E-state index contributed by atoms with van der Waals surface area (Å²) in [6, 6.07) is 6.58. The second kappa shape index (κ2) is 4.67. The molecule has 0 heterocycles. The molecule has 0 amide bonds. The fourth-order valence-electron chi connectivity index (χ4n) is 1.99. The highest BCUT2D eigenvalue weighted by atomic mass is 79.9. The summed E-state index contributed by atoms with van der Waals surface area (Å²) in [6.45, 7) is 2.14. The van der Waals surface area contributed by atoms with Crippen LogP contribution in [-0.4, -0.2) is 0 Å². The lowest BCUT2D eigenvalue weighted by molar-refractivity contribution is 0.573. The molecule has 0 spiro atoms. The van der Waals surface area contributed by atoms with Gasteiger partial charge in [0.2, 0.25) is 0 Å². The molecule has 0 radical (unpaired) electrons. The summed E-state index contributed by atoms with van der Waals surface area (Å²) in [7, 11) is 0. The van der Waals surface area contributed by atoms with Gasteiger partial charge in [0.15, 0.2) is 0 Å². The predicted octanol–water partition coefficient (Wildman–Crippen LogP) is 3.95. The molecule has 1 aliphatic carbocycles. The zero-order chi connectivity index (χ0) is 10.8. The van der Waals surface area contributed by atoms with Crippen molar-refractivity contribution in [1.29, 1.82) is 0 Å². The maximum Gasteiger partial charge on any atom is 0.0297 e. The zero-order valence-corrected chi connectivity index (χ0v) is 10.8. The van der Waals surface area contributed by atoms with E-state index in [4.69, 9.17) is 5.73 Å². The normalized spacial score (nSPS) is 17.8. The topological polar surface area (TPSA) is 26.0 Å². The molecule has 82 valence electrons. The Morgan fingerprint density at radius 3 is 2.87 bits per heavy atom. The lowest BCUT2D eigenvalue weighted by atomic mass is 9.97. The number of hydrogen-bond acceptors (Lipinski definition) is 1. The monoisotopic (exact) mass is 267 g/mol. The van der Waals surface area contributed by atoms with Gasteiger partial charge < -0.3 is 5.73 Å². The van der Waals surface area contributed by atoms with Crippen molar-refractivity contribution in [1.82, 2.24) is 0 Å². The van der Waals surface area contributed by atoms with Gasteiger partial charge in [-0.05, 0) is 48.9 Å². The number of rotatable bonds is 4. The van der Waals surface area contributed by atoms with Crippen LogP contribution in [0.4, 0.5) is 0 Å². The van der Waals surface area contributed by atoms with E-state index in [-0.39, 0.29) is 6.04 Å². The van der Waals surface area contributed by atoms with E-state index in [0.717, 1.165) is 16.8 Å². The Balaban J connectivity index is 2.02. The van der Waals surface area contributed by atoms with Crippen molar-refractivity contribution < 1.29 is 0 Å². The number of hydrogen-bond donors (Lipinski definition) is 1. The van der Waals surface area contributed by atoms with Crippen LogP contribution in [0, 0.1) is 12.8 Å². The van der Waals surface area contributed by atoms with Crippen LogP contribution in [0.5, 0.6) is 0 Å². The highest BCUT2D eigenvalue weighted by Crippen LogP contribution is 2.36. The quantitative estimate of drug-likeness (QED) is 0.879. The van der Waals surface area contributed by atoms with E-state index in [0.29, 0.717) is 0 Å². The average Bonchev–Trinajstić information content (AvgIpc) is 3.02. The van der Waals surface area contributed by atoms with Gasteiger partial charge in [0.1, 0.15) is 0 Å². The summed E-state index contributed by atoms with van der Waals surface area (Å²) < 4.78 is 1.13. The molecule has 1 aliphatic rings. The largest absolute Gasteiger partial charge is 0.324 e. The van der Waals surface area contributed by atoms with Crippen LogP contribution >= 0.6 is 15.9 Å². The summed E-state index contributed by atoms with van der Waals surface area (Å²) >= 11 is 3.50. The van der Waals surface area contributed by atoms with Gasteiger partial charge in [0.25, 0.3) is 0 Å². The van der Waals surface area contributed by atoms with Crippen molar-refractivity contribution in [2.75, 3.05) is 0 Å². The van der Waals surface area contributed by atoms with E-state index in [1.165, 1.54) is 30.4 Å². The lowest BCUT2D eigenvalue weighted by Gasteiger charge is -2.14. The molecule has 2 N–H and O–H groups in total. The maximum atomic E-state index is 6.22. The molecule has 0 bridgehead atoms. The van der Waals surface area contributed by atoms with E-state index < -0.39 is 0 Å². The number of benzene rings is 1. The van der Waals surface area contributed by atoms with Gasteiger partial charge >= 0.3 is 0 Å². The van der Waals surface area contributed by atoms with Gasteiger partial charge in [-0.25, -0.2) is 0 Å². The molecule has 1 fully saturated rings. The summed E-state index contributed by atoms with van der Waals surface area (Å²) in [5, 5.41) is 0. The smallest absolute Gasteiger partial charge is 0.0297 e. The van der Waals surface area contributed by atoms with Gasteiger partial charge in [0.05, 0.1) is 0 Å². The first-order chi connectivity index (χ1) is 7.16. The standard InChI is InChI=1S/C13H18BrN/c1-9-2-6-11(14)8-12(9)13(15)7-5-10-3-4-10/h2,6,8,10,13H,3-5,7,15H2,1H3. The van der Waals surface area contributed by atoms with Crippen LogP contribution in [0.2, 0.25) is 0 Å². The Morgan fingerprint density at radius 2 is 2.20 bits per heavy atom. The fourth-order valence-corrected chi connectivity index (χ4v) is 2.37. The molecule has 1 atom stereocenters. The van der Waals surface area contributed by atoms with Crippen molar-refractivity contribution in [3.05, 3.63) is 33.8 Å². The van der Waals surface area contributed by atoms with Crippen LogP contribution in [0.1, 0.15) is 42.9 Å². The van der Waals surface area contributed by atoms with Gasteiger partial charge in [-0.3, -0.25) is 0 Å². The third-order valence-electron chi connectivity index (χ3n) is 3.22. The van der Waals surface area contributed by atoms with Crippen molar-refractivity contribution in [2.45, 2.75) is 38.6 Å². The summed E-state index contributed by atoms with van der Waals surface area (Å²) in [4.78, 5) is 0. The minimum atomic E-state index is 0.211. The fraction of sp³-hybridized carbons (Fsp3) is 0.538. The number of halogens is 1. The maximum absolute atomic E-state index is 6.22. The molecule has 1 unspecified atom stereocenters. The first-order valence-corrected chi connectivity index (χ1v) is 6.48. The van der Waals surface area contributed by atoms with Crippen LogP contribution < -0.4 is 5.73 Å². The Bertz CT molecular complexity index is 344. The van der Waals surface area contributed by atoms with Crippen molar-refractivity contribution in [2.24, 2.45) is 11.7 Å². The van der Waals surface area contributed by atoms with Gasteiger partial charge in [-0.15, -0.1) is 0 Å². The van der Waals surface area contributed by atoms with Gasteiger partial charge in [0, 0.05) is 10.5 Å². The average molecular weight is 268 g/mol. The number of aryl methyl sites for hydroxylation is 1. The Morgan fingerprint density at radius 1 is 1.47 bits per heavy atom. The molecule has 0 aliphatic heterocycles. The Labute approximate surface area is 100 Å². The molecule has 1 saturated carbocycles. The SMILES string of the molecule is Cc1ccc(Br)cc1C(N)CCC1CC1. The van der Waals surface area contributed by atoms with Gasteiger partial charge in [-0.2, -0.15) is 0 Å². The highest BCUT2D eigenvalue weighted by molar-refractivity contribution is 9.10. The third-order valence-corrected chi connectivity index (χ3v) is 3.72. The van der Waals surface area contributed by atoms with Crippen LogP contribution in [0.15, 0.2) is 22.7 Å². The second-order valence-corrected chi connectivity index (χ2v) is 5.54. The van der Waals surface area contributed by atoms with E-state index in [9.17, 15) is 0 Å². The summed E-state index contributed by atoms with van der Waals surface area (Å²) in [5.74, 6) is 0.975. The second-order valence-electron chi connectivity index (χ2n) is 4.63. The predicted molar refractivity (Wildman–Crippen MR) is 67.8 cm³/mol. The Kier molecular flexibility index (Phi) is 3.47. The van der Waals surface area contributed by atoms with E-state index in [1.54, 1.807) is 0 Å². The first kappa shape index (κ1) is 11.2. The molecular formula is C13H18BrN. The molecular weight excluding hydrogens is 250 g/mol. The minimum absolute atomic E-state index is 0.211. The molecule has 0 aromatic heterocycles. The van der Waals surface area contributed by atoms with Crippen molar-refractivity contribution >= 4 is 15.9 Å². The molecule has 1 aromatic carbocycles. The van der Waals surface area contributed by atoms with Crippen molar-refractivity contribution in [3.63, 3.8) is 0 Å². The van der Waals surface area contributed by atoms with E-state index >= 15 is 0 Å². The van der Waals surface area contributed by atoms with Crippen LogP contribution in [0.25, 0.3) is 0 Å². The minimum Gasteiger partial charge on any atom is -0.324 e. The molecule has 15 heavy (non-hydrogen) atoms. The van der Waals surface area contributed by atoms with E-state index in [2.05, 4.69) is 41.1 Å². The molecule has 1 aromatic rings.